The van der Waals surface area contributed by atoms with Gasteiger partial charge in [-0.3, -0.25) is 4.79 Å². The van der Waals surface area contributed by atoms with Crippen LogP contribution in [0.25, 0.3) is 0 Å². The maximum Gasteiger partial charge on any atom is 0.221 e. The second-order valence-electron chi connectivity index (χ2n) is 5.25. The Kier molecular flexibility index (Phi) is 6.08. The first kappa shape index (κ1) is 18.6. The molecule has 2 N–H and O–H groups in total. The van der Waals surface area contributed by atoms with Crippen LogP contribution in [0.1, 0.15) is 12.5 Å². The van der Waals surface area contributed by atoms with Crippen molar-refractivity contribution < 1.29 is 9.18 Å². The average molecular weight is 409 g/mol. The Balaban J connectivity index is 1.64. The summed E-state index contributed by atoms with van der Waals surface area (Å²) in [7, 11) is 0. The molecule has 0 spiro atoms. The molecule has 3 rings (SSSR count). The van der Waals surface area contributed by atoms with Crippen LogP contribution in [0, 0.1) is 5.82 Å². The Hall–Kier alpha value is -2.16. The van der Waals surface area contributed by atoms with Gasteiger partial charge in [-0.05, 0) is 30.3 Å². The summed E-state index contributed by atoms with van der Waals surface area (Å²) in [5.41, 5.74) is 1.92. The number of nitrogens with zero attached hydrogens (tertiary/aromatic N) is 2. The van der Waals surface area contributed by atoms with Crippen LogP contribution in [0.3, 0.4) is 0 Å². The molecule has 1 heterocycles. The van der Waals surface area contributed by atoms with E-state index >= 15 is 0 Å². The van der Waals surface area contributed by atoms with Crippen LogP contribution < -0.4 is 10.6 Å². The molecule has 0 aliphatic heterocycles. The van der Waals surface area contributed by atoms with Crippen LogP contribution in [-0.4, -0.2) is 16.1 Å². The molecule has 134 valence electrons. The molecule has 1 amide bonds. The monoisotopic (exact) mass is 408 g/mol. The van der Waals surface area contributed by atoms with Crippen molar-refractivity contribution >= 4 is 57.1 Å². The van der Waals surface area contributed by atoms with Crippen LogP contribution in [0.4, 0.5) is 20.9 Å². The number of carbonyl (C=O) groups is 1. The Morgan fingerprint density at radius 3 is 2.77 bits per heavy atom. The average Bonchev–Trinajstić information content (AvgIpc) is 3.01. The van der Waals surface area contributed by atoms with E-state index in [9.17, 15) is 9.18 Å². The molecule has 0 radical (unpaired) electrons. The second-order valence-corrected chi connectivity index (χ2v) is 7.86. The standard InChI is InChI=1S/C17H14ClFN4OS2/c1-10(24)20-11-4-2-5-12(8-11)21-16-22-23-17(26-16)25-9-13-14(18)6-3-7-15(13)19/h2-8H,9H2,1H3,(H,20,24)(H,21,22). The third-order valence-electron chi connectivity index (χ3n) is 3.24. The van der Waals surface area contributed by atoms with Gasteiger partial charge in [-0.1, -0.05) is 46.8 Å². The summed E-state index contributed by atoms with van der Waals surface area (Å²) in [5.74, 6) is -0.0933. The molecule has 3 aromatic rings. The van der Waals surface area contributed by atoms with Crippen molar-refractivity contribution in [1.29, 1.82) is 0 Å². The lowest BCUT2D eigenvalue weighted by molar-refractivity contribution is -0.114. The van der Waals surface area contributed by atoms with E-state index in [1.165, 1.54) is 36.1 Å². The maximum absolute atomic E-state index is 13.8. The van der Waals surface area contributed by atoms with Crippen LogP contribution >= 0.6 is 34.7 Å². The number of halogens is 2. The Bertz CT molecular complexity index is 914. The summed E-state index contributed by atoms with van der Waals surface area (Å²) < 4.78 is 14.5. The maximum atomic E-state index is 13.8. The Morgan fingerprint density at radius 1 is 1.23 bits per heavy atom. The van der Waals surface area contributed by atoms with E-state index in [1.807, 2.05) is 12.1 Å². The van der Waals surface area contributed by atoms with E-state index in [-0.39, 0.29) is 11.7 Å². The third-order valence-corrected chi connectivity index (χ3v) is 5.59. The highest BCUT2D eigenvalue weighted by atomic mass is 35.5. The Morgan fingerprint density at radius 2 is 2.00 bits per heavy atom. The Labute approximate surface area is 163 Å². The van der Waals surface area contributed by atoms with Crippen molar-refractivity contribution in [3.63, 3.8) is 0 Å². The van der Waals surface area contributed by atoms with Crippen LogP contribution in [0.15, 0.2) is 46.8 Å². The number of benzene rings is 2. The largest absolute Gasteiger partial charge is 0.330 e. The molecule has 26 heavy (non-hydrogen) atoms. The molecular weight excluding hydrogens is 395 g/mol. The van der Waals surface area contributed by atoms with Gasteiger partial charge in [0.15, 0.2) is 4.34 Å². The van der Waals surface area contributed by atoms with Gasteiger partial charge in [0.1, 0.15) is 5.82 Å². The number of aromatic nitrogens is 2. The normalized spacial score (nSPS) is 10.6. The lowest BCUT2D eigenvalue weighted by atomic mass is 10.2. The molecule has 0 atom stereocenters. The molecular formula is C17H14ClFN4OS2. The summed E-state index contributed by atoms with van der Waals surface area (Å²) >= 11 is 8.75. The van der Waals surface area contributed by atoms with E-state index in [4.69, 9.17) is 11.6 Å². The van der Waals surface area contributed by atoms with E-state index in [1.54, 1.807) is 24.3 Å². The van der Waals surface area contributed by atoms with Crippen molar-refractivity contribution in [2.75, 3.05) is 10.6 Å². The lowest BCUT2D eigenvalue weighted by Gasteiger charge is -2.05. The van der Waals surface area contributed by atoms with E-state index in [0.717, 1.165) is 5.69 Å². The minimum Gasteiger partial charge on any atom is -0.330 e. The van der Waals surface area contributed by atoms with Crippen LogP contribution in [0.2, 0.25) is 5.02 Å². The van der Waals surface area contributed by atoms with Crippen LogP contribution in [0.5, 0.6) is 0 Å². The highest BCUT2D eigenvalue weighted by molar-refractivity contribution is 8.00. The van der Waals surface area contributed by atoms with Gasteiger partial charge >= 0.3 is 0 Å². The van der Waals surface area contributed by atoms with Gasteiger partial charge in [-0.15, -0.1) is 10.2 Å². The molecule has 5 nitrogen and oxygen atoms in total. The molecule has 0 fully saturated rings. The number of hydrogen-bond acceptors (Lipinski definition) is 6. The lowest BCUT2D eigenvalue weighted by Crippen LogP contribution is -2.05. The zero-order valence-corrected chi connectivity index (χ0v) is 16.0. The number of rotatable bonds is 6. The molecule has 9 heteroatoms. The van der Waals surface area contributed by atoms with Crippen LogP contribution in [-0.2, 0) is 10.5 Å². The van der Waals surface area contributed by atoms with E-state index in [0.29, 0.717) is 31.5 Å². The van der Waals surface area contributed by atoms with Crippen molar-refractivity contribution in [2.45, 2.75) is 17.0 Å². The van der Waals surface area contributed by atoms with E-state index in [2.05, 4.69) is 20.8 Å². The topological polar surface area (TPSA) is 66.9 Å². The minimum absolute atomic E-state index is 0.136. The highest BCUT2D eigenvalue weighted by Gasteiger charge is 2.10. The van der Waals surface area contributed by atoms with Gasteiger partial charge < -0.3 is 10.6 Å². The minimum atomic E-state index is -0.331. The first-order valence-corrected chi connectivity index (χ1v) is 9.73. The number of thioether (sulfide) groups is 1. The second kappa shape index (κ2) is 8.48. The fraction of sp³-hybridized carbons (Fsp3) is 0.118. The number of hydrogen-bond donors (Lipinski definition) is 2. The first-order chi connectivity index (χ1) is 12.5. The van der Waals surface area contributed by atoms with Crippen molar-refractivity contribution in [3.05, 3.63) is 58.9 Å². The first-order valence-electron chi connectivity index (χ1n) is 7.55. The van der Waals surface area contributed by atoms with E-state index < -0.39 is 0 Å². The van der Waals surface area contributed by atoms with Crippen molar-refractivity contribution in [2.24, 2.45) is 0 Å². The molecule has 2 aromatic carbocycles. The third kappa shape index (κ3) is 4.94. The molecule has 0 bridgehead atoms. The summed E-state index contributed by atoms with van der Waals surface area (Å²) in [4.78, 5) is 11.1. The van der Waals surface area contributed by atoms with Crippen molar-refractivity contribution in [3.8, 4) is 0 Å². The fourth-order valence-electron chi connectivity index (χ4n) is 2.12. The zero-order valence-electron chi connectivity index (χ0n) is 13.6. The fourth-order valence-corrected chi connectivity index (χ4v) is 4.24. The molecule has 1 aromatic heterocycles. The molecule has 0 aliphatic carbocycles. The quantitative estimate of drug-likeness (QED) is 0.540. The number of nitrogens with one attached hydrogen (secondary N) is 2. The summed E-state index contributed by atoms with van der Waals surface area (Å²) in [6, 6.07) is 11.9. The number of anilines is 3. The SMILES string of the molecule is CC(=O)Nc1cccc(Nc2nnc(SCc3c(F)cccc3Cl)s2)c1. The summed E-state index contributed by atoms with van der Waals surface area (Å²) in [6.45, 7) is 1.45. The zero-order chi connectivity index (χ0) is 18.5. The highest BCUT2D eigenvalue weighted by Crippen LogP contribution is 2.32. The predicted octanol–water partition coefficient (Wildman–Crippen LogP) is 5.32. The molecule has 0 saturated heterocycles. The van der Waals surface area contributed by atoms with Gasteiger partial charge in [-0.25, -0.2) is 4.39 Å². The van der Waals surface area contributed by atoms with Gasteiger partial charge in [-0.2, -0.15) is 0 Å². The number of carbonyl (C=O) groups excluding carboxylic acids is 1. The smallest absolute Gasteiger partial charge is 0.221 e. The molecule has 0 saturated carbocycles. The summed E-state index contributed by atoms with van der Waals surface area (Å²) in [5, 5.41) is 15.0. The summed E-state index contributed by atoms with van der Waals surface area (Å²) in [6.07, 6.45) is 0. The van der Waals surface area contributed by atoms with Gasteiger partial charge in [0.05, 0.1) is 0 Å². The van der Waals surface area contributed by atoms with Gasteiger partial charge in [0, 0.05) is 34.6 Å². The van der Waals surface area contributed by atoms with Crippen molar-refractivity contribution in [1.82, 2.24) is 10.2 Å². The predicted molar refractivity (Wildman–Crippen MR) is 105 cm³/mol. The van der Waals surface area contributed by atoms with Gasteiger partial charge in [0.25, 0.3) is 0 Å². The molecule has 0 unspecified atom stereocenters. The number of amides is 1. The molecule has 0 aliphatic rings. The van der Waals surface area contributed by atoms with Gasteiger partial charge in [0.2, 0.25) is 11.0 Å².